The van der Waals surface area contributed by atoms with E-state index in [1.165, 1.54) is 11.1 Å². The lowest BCUT2D eigenvalue weighted by molar-refractivity contribution is 0.306. The SMILES string of the molecule is Cc1ccc(COc2ccc(N)c(C)c2)cc1. The van der Waals surface area contributed by atoms with E-state index in [0.717, 1.165) is 17.0 Å². The Morgan fingerprint density at radius 1 is 1.00 bits per heavy atom. The highest BCUT2D eigenvalue weighted by molar-refractivity contribution is 5.49. The molecule has 0 atom stereocenters. The van der Waals surface area contributed by atoms with Crippen molar-refractivity contribution in [1.82, 2.24) is 0 Å². The molecule has 0 aliphatic carbocycles. The van der Waals surface area contributed by atoms with Crippen molar-refractivity contribution < 1.29 is 4.74 Å². The lowest BCUT2D eigenvalue weighted by Gasteiger charge is -2.08. The second kappa shape index (κ2) is 4.91. The maximum Gasteiger partial charge on any atom is 0.120 e. The molecule has 0 bridgehead atoms. The van der Waals surface area contributed by atoms with Gasteiger partial charge < -0.3 is 10.5 Å². The third kappa shape index (κ3) is 3.00. The summed E-state index contributed by atoms with van der Waals surface area (Å²) < 4.78 is 5.71. The van der Waals surface area contributed by atoms with Crippen molar-refractivity contribution >= 4 is 5.69 Å². The van der Waals surface area contributed by atoms with E-state index in [-0.39, 0.29) is 0 Å². The first-order valence-corrected chi connectivity index (χ1v) is 5.69. The first kappa shape index (κ1) is 11.5. The molecule has 0 aromatic heterocycles. The van der Waals surface area contributed by atoms with Crippen LogP contribution in [-0.4, -0.2) is 0 Å². The van der Waals surface area contributed by atoms with Crippen LogP contribution in [0.25, 0.3) is 0 Å². The van der Waals surface area contributed by atoms with Crippen LogP contribution in [0, 0.1) is 13.8 Å². The van der Waals surface area contributed by atoms with Crippen molar-refractivity contribution in [3.8, 4) is 5.75 Å². The smallest absolute Gasteiger partial charge is 0.120 e. The second-order valence-corrected chi connectivity index (χ2v) is 4.29. The van der Waals surface area contributed by atoms with Gasteiger partial charge in [0.15, 0.2) is 0 Å². The van der Waals surface area contributed by atoms with E-state index >= 15 is 0 Å². The van der Waals surface area contributed by atoms with Crippen LogP contribution in [0.2, 0.25) is 0 Å². The summed E-state index contributed by atoms with van der Waals surface area (Å²) in [6.07, 6.45) is 0. The molecular formula is C15H17NO. The van der Waals surface area contributed by atoms with E-state index < -0.39 is 0 Å². The van der Waals surface area contributed by atoms with Crippen LogP contribution in [0.3, 0.4) is 0 Å². The number of anilines is 1. The first-order chi connectivity index (χ1) is 8.15. The number of nitrogen functional groups attached to an aromatic ring is 1. The molecule has 2 rings (SSSR count). The minimum absolute atomic E-state index is 0.587. The number of benzene rings is 2. The first-order valence-electron chi connectivity index (χ1n) is 5.69. The largest absolute Gasteiger partial charge is 0.489 e. The van der Waals surface area contributed by atoms with Crippen LogP contribution in [0.4, 0.5) is 5.69 Å². The number of hydrogen-bond donors (Lipinski definition) is 1. The Morgan fingerprint density at radius 2 is 1.71 bits per heavy atom. The Labute approximate surface area is 102 Å². The van der Waals surface area contributed by atoms with Crippen molar-refractivity contribution in [3.05, 3.63) is 59.2 Å². The van der Waals surface area contributed by atoms with Crippen LogP contribution in [0.15, 0.2) is 42.5 Å². The van der Waals surface area contributed by atoms with Crippen molar-refractivity contribution in [3.63, 3.8) is 0 Å². The number of rotatable bonds is 3. The zero-order valence-electron chi connectivity index (χ0n) is 10.2. The molecule has 2 heteroatoms. The van der Waals surface area contributed by atoms with E-state index in [9.17, 15) is 0 Å². The molecule has 0 heterocycles. The van der Waals surface area contributed by atoms with Crippen molar-refractivity contribution in [2.45, 2.75) is 20.5 Å². The molecule has 88 valence electrons. The highest BCUT2D eigenvalue weighted by Gasteiger charge is 1.98. The maximum absolute atomic E-state index is 5.76. The van der Waals surface area contributed by atoms with Crippen molar-refractivity contribution in [2.75, 3.05) is 5.73 Å². The van der Waals surface area contributed by atoms with E-state index in [1.54, 1.807) is 0 Å². The average Bonchev–Trinajstić information content (AvgIpc) is 2.33. The van der Waals surface area contributed by atoms with E-state index in [1.807, 2.05) is 25.1 Å². The van der Waals surface area contributed by atoms with Gasteiger partial charge in [-0.1, -0.05) is 29.8 Å². The molecule has 0 fully saturated rings. The highest BCUT2D eigenvalue weighted by Crippen LogP contribution is 2.19. The molecule has 0 spiro atoms. The molecule has 2 N–H and O–H groups in total. The normalized spacial score (nSPS) is 10.2. The number of hydrogen-bond acceptors (Lipinski definition) is 2. The van der Waals surface area contributed by atoms with Gasteiger partial charge in [-0.2, -0.15) is 0 Å². The summed E-state index contributed by atoms with van der Waals surface area (Å²) in [6.45, 7) is 4.64. The highest BCUT2D eigenvalue weighted by atomic mass is 16.5. The summed E-state index contributed by atoms with van der Waals surface area (Å²) >= 11 is 0. The van der Waals surface area contributed by atoms with E-state index in [2.05, 4.69) is 31.2 Å². The fourth-order valence-electron chi connectivity index (χ4n) is 1.59. The van der Waals surface area contributed by atoms with Crippen LogP contribution >= 0.6 is 0 Å². The quantitative estimate of drug-likeness (QED) is 0.815. The summed E-state index contributed by atoms with van der Waals surface area (Å²) in [5.41, 5.74) is 10.0. The Bertz CT molecular complexity index is 503. The van der Waals surface area contributed by atoms with Crippen molar-refractivity contribution in [2.24, 2.45) is 0 Å². The lowest BCUT2D eigenvalue weighted by atomic mass is 10.1. The molecule has 17 heavy (non-hydrogen) atoms. The number of aryl methyl sites for hydroxylation is 2. The Balaban J connectivity index is 2.02. The average molecular weight is 227 g/mol. The monoisotopic (exact) mass is 227 g/mol. The van der Waals surface area contributed by atoms with Gasteiger partial charge in [0.05, 0.1) is 0 Å². The summed E-state index contributed by atoms with van der Waals surface area (Å²) in [7, 11) is 0. The van der Waals surface area contributed by atoms with Gasteiger partial charge in [0.1, 0.15) is 12.4 Å². The maximum atomic E-state index is 5.76. The number of ether oxygens (including phenoxy) is 1. The van der Waals surface area contributed by atoms with Crippen molar-refractivity contribution in [1.29, 1.82) is 0 Å². The fourth-order valence-corrected chi connectivity index (χ4v) is 1.59. The van der Waals surface area contributed by atoms with Gasteiger partial charge in [-0.15, -0.1) is 0 Å². The zero-order valence-corrected chi connectivity index (χ0v) is 10.2. The Morgan fingerprint density at radius 3 is 2.35 bits per heavy atom. The second-order valence-electron chi connectivity index (χ2n) is 4.29. The van der Waals surface area contributed by atoms with Crippen LogP contribution < -0.4 is 10.5 Å². The van der Waals surface area contributed by atoms with Gasteiger partial charge >= 0.3 is 0 Å². The lowest BCUT2D eigenvalue weighted by Crippen LogP contribution is -1.96. The fraction of sp³-hybridized carbons (Fsp3) is 0.200. The molecule has 0 saturated carbocycles. The third-order valence-corrected chi connectivity index (χ3v) is 2.77. The molecule has 0 saturated heterocycles. The number of nitrogens with two attached hydrogens (primary N) is 1. The third-order valence-electron chi connectivity index (χ3n) is 2.77. The molecule has 2 aromatic carbocycles. The Kier molecular flexibility index (Phi) is 3.33. The Hall–Kier alpha value is -1.96. The molecule has 2 nitrogen and oxygen atoms in total. The van der Waals surface area contributed by atoms with E-state index in [0.29, 0.717) is 6.61 Å². The van der Waals surface area contributed by atoms with Crippen LogP contribution in [-0.2, 0) is 6.61 Å². The predicted molar refractivity (Wildman–Crippen MR) is 71.1 cm³/mol. The summed E-state index contributed by atoms with van der Waals surface area (Å²) in [4.78, 5) is 0. The molecule has 0 aliphatic rings. The van der Waals surface area contributed by atoms with Gasteiger partial charge in [-0.3, -0.25) is 0 Å². The van der Waals surface area contributed by atoms with Gasteiger partial charge in [-0.05, 0) is 43.2 Å². The van der Waals surface area contributed by atoms with Gasteiger partial charge in [0, 0.05) is 5.69 Å². The van der Waals surface area contributed by atoms with Gasteiger partial charge in [0.25, 0.3) is 0 Å². The predicted octanol–water partition coefficient (Wildman–Crippen LogP) is 3.46. The van der Waals surface area contributed by atoms with Crippen LogP contribution in [0.1, 0.15) is 16.7 Å². The zero-order chi connectivity index (χ0) is 12.3. The summed E-state index contributed by atoms with van der Waals surface area (Å²) in [6, 6.07) is 14.1. The minimum atomic E-state index is 0.587. The van der Waals surface area contributed by atoms with Gasteiger partial charge in [0.2, 0.25) is 0 Å². The molecule has 2 aromatic rings. The molecule has 0 unspecified atom stereocenters. The summed E-state index contributed by atoms with van der Waals surface area (Å²) in [5, 5.41) is 0. The summed E-state index contributed by atoms with van der Waals surface area (Å²) in [5.74, 6) is 0.859. The standard InChI is InChI=1S/C15H17NO/c1-11-3-5-13(6-4-11)10-17-14-7-8-15(16)12(2)9-14/h3-9H,10,16H2,1-2H3. The molecule has 0 aliphatic heterocycles. The topological polar surface area (TPSA) is 35.2 Å². The minimum Gasteiger partial charge on any atom is -0.489 e. The molecule has 0 amide bonds. The van der Waals surface area contributed by atoms with Crippen LogP contribution in [0.5, 0.6) is 5.75 Å². The van der Waals surface area contributed by atoms with Gasteiger partial charge in [-0.25, -0.2) is 0 Å². The molecule has 0 radical (unpaired) electrons. The van der Waals surface area contributed by atoms with E-state index in [4.69, 9.17) is 10.5 Å². The molecular weight excluding hydrogens is 210 g/mol.